The number of ether oxygens (including phenoxy) is 1. The summed E-state index contributed by atoms with van der Waals surface area (Å²) in [6.07, 6.45) is 0. The third kappa shape index (κ3) is 6.08. The molecule has 0 heterocycles. The molecule has 0 radical (unpaired) electrons. The van der Waals surface area contributed by atoms with Gasteiger partial charge in [0.15, 0.2) is 0 Å². The number of nitrogens with one attached hydrogen (secondary N) is 2. The first-order chi connectivity index (χ1) is 12.9. The number of carbonyl (C=O) groups excluding carboxylic acids is 2. The van der Waals surface area contributed by atoms with Crippen LogP contribution in [0.5, 0.6) is 5.75 Å². The van der Waals surface area contributed by atoms with E-state index in [4.69, 9.17) is 4.74 Å². The second kappa shape index (κ2) is 10.1. The van der Waals surface area contributed by atoms with E-state index in [0.717, 1.165) is 15.8 Å². The molecule has 6 nitrogen and oxygen atoms in total. The summed E-state index contributed by atoms with van der Waals surface area (Å²) >= 11 is 3.32. The van der Waals surface area contributed by atoms with Gasteiger partial charge < -0.3 is 20.3 Å². The monoisotopic (exact) mass is 433 g/mol. The molecule has 0 aromatic heterocycles. The van der Waals surface area contributed by atoms with Crippen molar-refractivity contribution in [2.75, 3.05) is 34.3 Å². The second-order valence-electron chi connectivity index (χ2n) is 6.22. The molecular formula is C20H24BrN3O3. The van der Waals surface area contributed by atoms with E-state index >= 15 is 0 Å². The highest BCUT2D eigenvalue weighted by Crippen LogP contribution is 2.27. The highest BCUT2D eigenvalue weighted by molar-refractivity contribution is 9.10. The van der Waals surface area contributed by atoms with Crippen LogP contribution in [0.2, 0.25) is 0 Å². The molecule has 2 rings (SSSR count). The van der Waals surface area contributed by atoms with Crippen molar-refractivity contribution in [3.8, 4) is 5.75 Å². The molecule has 0 bridgehead atoms. The average Bonchev–Trinajstić information content (AvgIpc) is 2.66. The van der Waals surface area contributed by atoms with Gasteiger partial charge in [-0.25, -0.2) is 0 Å². The molecule has 2 amide bonds. The maximum atomic E-state index is 12.2. The van der Waals surface area contributed by atoms with Gasteiger partial charge >= 0.3 is 0 Å². The first-order valence-corrected chi connectivity index (χ1v) is 9.31. The van der Waals surface area contributed by atoms with Crippen LogP contribution in [0.15, 0.2) is 53.0 Å². The van der Waals surface area contributed by atoms with Crippen molar-refractivity contribution >= 4 is 27.7 Å². The van der Waals surface area contributed by atoms with Crippen molar-refractivity contribution in [1.82, 2.24) is 15.5 Å². The molecule has 0 aliphatic heterocycles. The summed E-state index contributed by atoms with van der Waals surface area (Å²) in [7, 11) is 5.51. The van der Waals surface area contributed by atoms with Crippen molar-refractivity contribution in [2.24, 2.45) is 0 Å². The fourth-order valence-electron chi connectivity index (χ4n) is 2.68. The van der Waals surface area contributed by atoms with E-state index in [9.17, 15) is 9.59 Å². The van der Waals surface area contributed by atoms with Crippen molar-refractivity contribution in [3.05, 3.63) is 64.1 Å². The molecular weight excluding hydrogens is 410 g/mol. The number of carbonyl (C=O) groups is 2. The predicted octanol–water partition coefficient (Wildman–Crippen LogP) is 2.61. The fourth-order valence-corrected chi connectivity index (χ4v) is 3.08. The highest BCUT2D eigenvalue weighted by Gasteiger charge is 2.19. The molecule has 0 saturated carbocycles. The minimum atomic E-state index is -0.291. The zero-order valence-corrected chi connectivity index (χ0v) is 17.2. The molecule has 2 aromatic rings. The molecule has 0 spiro atoms. The van der Waals surface area contributed by atoms with E-state index < -0.39 is 0 Å². The normalized spacial score (nSPS) is 11.7. The Balaban J connectivity index is 1.91. The van der Waals surface area contributed by atoms with Gasteiger partial charge in [0.05, 0.1) is 19.7 Å². The Labute approximate surface area is 168 Å². The topological polar surface area (TPSA) is 70.7 Å². The molecule has 2 aromatic carbocycles. The van der Waals surface area contributed by atoms with Crippen LogP contribution in [0.3, 0.4) is 0 Å². The van der Waals surface area contributed by atoms with E-state index in [-0.39, 0.29) is 24.4 Å². The first kappa shape index (κ1) is 20.9. The molecule has 0 saturated heterocycles. The van der Waals surface area contributed by atoms with Gasteiger partial charge in [0, 0.05) is 22.1 Å². The van der Waals surface area contributed by atoms with Gasteiger partial charge in [0.2, 0.25) is 5.91 Å². The molecule has 0 fully saturated rings. The van der Waals surface area contributed by atoms with E-state index in [1.54, 1.807) is 25.3 Å². The van der Waals surface area contributed by atoms with Gasteiger partial charge in [-0.05, 0) is 38.4 Å². The molecule has 0 aliphatic carbocycles. The molecule has 144 valence electrons. The van der Waals surface area contributed by atoms with Gasteiger partial charge in [-0.15, -0.1) is 0 Å². The number of halogens is 1. The molecule has 1 atom stereocenters. The van der Waals surface area contributed by atoms with Crippen LogP contribution < -0.4 is 15.4 Å². The Morgan fingerprint density at radius 1 is 1.11 bits per heavy atom. The van der Waals surface area contributed by atoms with Crippen LogP contribution in [0.1, 0.15) is 22.0 Å². The summed E-state index contributed by atoms with van der Waals surface area (Å²) in [6, 6.07) is 14.7. The quantitative estimate of drug-likeness (QED) is 0.670. The van der Waals surface area contributed by atoms with E-state index in [1.165, 1.54) is 0 Å². The molecule has 2 N–H and O–H groups in total. The maximum absolute atomic E-state index is 12.2. The van der Waals surface area contributed by atoms with E-state index in [2.05, 4.69) is 26.6 Å². The number of para-hydroxylation sites is 1. The van der Waals surface area contributed by atoms with Gasteiger partial charge in [0.1, 0.15) is 5.75 Å². The third-order valence-electron chi connectivity index (χ3n) is 4.11. The smallest absolute Gasteiger partial charge is 0.251 e. The minimum Gasteiger partial charge on any atom is -0.496 e. The molecule has 7 heteroatoms. The molecule has 27 heavy (non-hydrogen) atoms. The lowest BCUT2D eigenvalue weighted by molar-refractivity contribution is -0.120. The SMILES string of the molecule is COc1ccccc1C(CNC(=O)CNC(=O)c1cccc(Br)c1)N(C)C. The van der Waals surface area contributed by atoms with Crippen LogP contribution >= 0.6 is 15.9 Å². The number of likely N-dealkylation sites (N-methyl/N-ethyl adjacent to an activating group) is 1. The standard InChI is InChI=1S/C20H24BrN3O3/c1-24(2)17(16-9-4-5-10-18(16)27-3)12-22-19(25)13-23-20(26)14-7-6-8-15(21)11-14/h4-11,17H,12-13H2,1-3H3,(H,22,25)(H,23,26). The zero-order chi connectivity index (χ0) is 19.8. The Morgan fingerprint density at radius 3 is 2.52 bits per heavy atom. The predicted molar refractivity (Wildman–Crippen MR) is 109 cm³/mol. The lowest BCUT2D eigenvalue weighted by Crippen LogP contribution is -2.40. The fraction of sp³-hybridized carbons (Fsp3) is 0.300. The number of amides is 2. The lowest BCUT2D eigenvalue weighted by atomic mass is 10.0. The van der Waals surface area contributed by atoms with Crippen molar-refractivity contribution in [3.63, 3.8) is 0 Å². The summed E-state index contributed by atoms with van der Waals surface area (Å²) in [6.45, 7) is 0.316. The number of methoxy groups -OCH3 is 1. The van der Waals surface area contributed by atoms with Gasteiger partial charge in [0.25, 0.3) is 5.91 Å². The summed E-state index contributed by atoms with van der Waals surface area (Å²) < 4.78 is 6.23. The van der Waals surface area contributed by atoms with E-state index in [1.807, 2.05) is 49.3 Å². The molecule has 1 unspecified atom stereocenters. The maximum Gasteiger partial charge on any atom is 0.251 e. The molecule has 0 aliphatic rings. The second-order valence-corrected chi connectivity index (χ2v) is 7.13. The lowest BCUT2D eigenvalue weighted by Gasteiger charge is -2.26. The number of hydrogen-bond acceptors (Lipinski definition) is 4. The average molecular weight is 434 g/mol. The first-order valence-electron chi connectivity index (χ1n) is 8.52. The van der Waals surface area contributed by atoms with Gasteiger partial charge in [-0.1, -0.05) is 40.2 Å². The van der Waals surface area contributed by atoms with Crippen LogP contribution in [0.25, 0.3) is 0 Å². The number of benzene rings is 2. The summed E-state index contributed by atoms with van der Waals surface area (Å²) in [4.78, 5) is 26.3. The van der Waals surface area contributed by atoms with Crippen LogP contribution in [0.4, 0.5) is 0 Å². The highest BCUT2D eigenvalue weighted by atomic mass is 79.9. The van der Waals surface area contributed by atoms with Crippen LogP contribution in [-0.2, 0) is 4.79 Å². The Bertz CT molecular complexity index is 796. The Morgan fingerprint density at radius 2 is 1.85 bits per heavy atom. The van der Waals surface area contributed by atoms with Crippen molar-refractivity contribution in [2.45, 2.75) is 6.04 Å². The van der Waals surface area contributed by atoms with E-state index in [0.29, 0.717) is 12.1 Å². The van der Waals surface area contributed by atoms with Crippen molar-refractivity contribution in [1.29, 1.82) is 0 Å². The van der Waals surface area contributed by atoms with Crippen molar-refractivity contribution < 1.29 is 14.3 Å². The Hall–Kier alpha value is -2.38. The van der Waals surface area contributed by atoms with Gasteiger partial charge in [-0.3, -0.25) is 9.59 Å². The summed E-state index contributed by atoms with van der Waals surface area (Å²) in [5.41, 5.74) is 1.49. The third-order valence-corrected chi connectivity index (χ3v) is 4.60. The Kier molecular flexibility index (Phi) is 7.82. The number of nitrogens with zero attached hydrogens (tertiary/aromatic N) is 1. The number of rotatable bonds is 8. The largest absolute Gasteiger partial charge is 0.496 e. The summed E-state index contributed by atoms with van der Waals surface area (Å²) in [5.74, 6) is 0.230. The van der Waals surface area contributed by atoms with Gasteiger partial charge in [-0.2, -0.15) is 0 Å². The zero-order valence-electron chi connectivity index (χ0n) is 15.7. The van der Waals surface area contributed by atoms with Crippen LogP contribution in [-0.4, -0.2) is 51.0 Å². The summed E-state index contributed by atoms with van der Waals surface area (Å²) in [5, 5.41) is 5.50. The van der Waals surface area contributed by atoms with Crippen LogP contribution in [0, 0.1) is 0 Å². The minimum absolute atomic E-state index is 0.0501. The number of hydrogen-bond donors (Lipinski definition) is 2.